The average Bonchev–Trinajstić information content (AvgIpc) is 2.93. The summed E-state index contributed by atoms with van der Waals surface area (Å²) in [5.41, 5.74) is 0.684. The van der Waals surface area contributed by atoms with Crippen molar-refractivity contribution >= 4 is 38.3 Å². The molecule has 1 heterocycles. The second-order valence-corrected chi connectivity index (χ2v) is 6.01. The predicted molar refractivity (Wildman–Crippen MR) is 87.9 cm³/mol. The highest BCUT2D eigenvalue weighted by Crippen LogP contribution is 2.29. The lowest BCUT2D eigenvalue weighted by molar-refractivity contribution is -0.114. The first kappa shape index (κ1) is 15.4. The molecule has 0 fully saturated rings. The molecule has 0 bridgehead atoms. The highest BCUT2D eigenvalue weighted by atomic mass is 32.1. The molecule has 0 spiro atoms. The van der Waals surface area contributed by atoms with Crippen LogP contribution in [0.3, 0.4) is 0 Å². The van der Waals surface area contributed by atoms with Crippen molar-refractivity contribution in [1.29, 1.82) is 0 Å². The van der Waals surface area contributed by atoms with Crippen molar-refractivity contribution in [1.82, 2.24) is 4.98 Å². The molecule has 0 saturated heterocycles. The fourth-order valence-corrected chi connectivity index (χ4v) is 3.06. The summed E-state index contributed by atoms with van der Waals surface area (Å²) in [5.74, 6) is -1.11. The third-order valence-corrected chi connectivity index (χ3v) is 4.31. The Labute approximate surface area is 135 Å². The number of carbonyl (C=O) groups excluding carboxylic acids is 1. The van der Waals surface area contributed by atoms with E-state index in [4.69, 9.17) is 0 Å². The van der Waals surface area contributed by atoms with E-state index in [0.717, 1.165) is 4.70 Å². The molecule has 0 aliphatic heterocycles. The van der Waals surface area contributed by atoms with E-state index in [2.05, 4.69) is 10.3 Å². The Hall–Kier alpha value is -2.54. The van der Waals surface area contributed by atoms with Gasteiger partial charge < -0.3 is 10.2 Å². The van der Waals surface area contributed by atoms with Crippen LogP contribution in [-0.2, 0) is 4.79 Å². The van der Waals surface area contributed by atoms with E-state index in [1.54, 1.807) is 30.1 Å². The molecule has 0 saturated carbocycles. The summed E-state index contributed by atoms with van der Waals surface area (Å²) >= 11 is 1.31. The molecule has 1 aromatic heterocycles. The molecule has 1 N–H and O–H groups in total. The maximum Gasteiger partial charge on any atom is 0.243 e. The van der Waals surface area contributed by atoms with E-state index >= 15 is 0 Å². The van der Waals surface area contributed by atoms with E-state index < -0.39 is 5.82 Å². The van der Waals surface area contributed by atoms with E-state index in [0.29, 0.717) is 16.3 Å². The maximum atomic E-state index is 13.7. The van der Waals surface area contributed by atoms with Gasteiger partial charge in [0.1, 0.15) is 17.2 Å². The standard InChI is InChI=1S/C16H13F2N3OS/c1-21(9-14(22)19-11-5-2-4-10(17)8-11)16-20-15-12(18)6-3-7-13(15)23-16/h2-8H,9H2,1H3,(H,19,22). The Bertz CT molecular complexity index is 865. The minimum atomic E-state index is -0.419. The minimum absolute atomic E-state index is 0.0257. The zero-order chi connectivity index (χ0) is 16.4. The molecule has 3 aromatic rings. The number of amides is 1. The second kappa shape index (κ2) is 6.29. The van der Waals surface area contributed by atoms with Crippen molar-refractivity contribution in [3.63, 3.8) is 0 Å². The first-order valence-electron chi connectivity index (χ1n) is 6.84. The predicted octanol–water partition coefficient (Wildman–Crippen LogP) is 3.65. The van der Waals surface area contributed by atoms with Gasteiger partial charge >= 0.3 is 0 Å². The number of aromatic nitrogens is 1. The van der Waals surface area contributed by atoms with Gasteiger partial charge in [0.2, 0.25) is 5.91 Å². The number of halogens is 2. The monoisotopic (exact) mass is 333 g/mol. The summed E-state index contributed by atoms with van der Waals surface area (Å²) in [6.45, 7) is 0.0257. The molecule has 4 nitrogen and oxygen atoms in total. The molecule has 0 aliphatic rings. The van der Waals surface area contributed by atoms with E-state index in [1.807, 2.05) is 0 Å². The topological polar surface area (TPSA) is 45.2 Å². The van der Waals surface area contributed by atoms with Gasteiger partial charge in [0.05, 0.1) is 11.2 Å². The number of fused-ring (bicyclic) bond motifs is 1. The quantitative estimate of drug-likeness (QED) is 0.793. The summed E-state index contributed by atoms with van der Waals surface area (Å²) in [5, 5.41) is 3.15. The number of benzene rings is 2. The molecule has 0 unspecified atom stereocenters. The summed E-state index contributed by atoms with van der Waals surface area (Å²) in [4.78, 5) is 17.9. The summed E-state index contributed by atoms with van der Waals surface area (Å²) in [6.07, 6.45) is 0. The Balaban J connectivity index is 1.71. The van der Waals surface area contributed by atoms with Crippen LogP contribution >= 0.6 is 11.3 Å². The summed E-state index contributed by atoms with van der Waals surface area (Å²) < 4.78 is 27.5. The van der Waals surface area contributed by atoms with Gasteiger partial charge in [0.15, 0.2) is 5.13 Å². The van der Waals surface area contributed by atoms with Gasteiger partial charge in [-0.15, -0.1) is 0 Å². The van der Waals surface area contributed by atoms with Crippen LogP contribution in [0.4, 0.5) is 19.6 Å². The molecule has 1 amide bonds. The molecular formula is C16H13F2N3OS. The Morgan fingerprint density at radius 2 is 2.04 bits per heavy atom. The van der Waals surface area contributed by atoms with Gasteiger partial charge in [0.25, 0.3) is 0 Å². The molecule has 3 rings (SSSR count). The third-order valence-electron chi connectivity index (χ3n) is 3.17. The van der Waals surface area contributed by atoms with Gasteiger partial charge in [0, 0.05) is 12.7 Å². The van der Waals surface area contributed by atoms with Crippen molar-refractivity contribution in [2.24, 2.45) is 0 Å². The summed E-state index contributed by atoms with van der Waals surface area (Å²) in [6, 6.07) is 10.4. The molecule has 2 aromatic carbocycles. The van der Waals surface area contributed by atoms with Crippen molar-refractivity contribution in [3.8, 4) is 0 Å². The number of para-hydroxylation sites is 1. The van der Waals surface area contributed by atoms with Gasteiger partial charge in [-0.3, -0.25) is 4.79 Å². The van der Waals surface area contributed by atoms with Gasteiger partial charge in [-0.05, 0) is 30.3 Å². The largest absolute Gasteiger partial charge is 0.342 e. The third kappa shape index (κ3) is 3.45. The number of hydrogen-bond acceptors (Lipinski definition) is 4. The normalized spacial score (nSPS) is 10.7. The zero-order valence-corrected chi connectivity index (χ0v) is 13.0. The molecule has 23 heavy (non-hydrogen) atoms. The lowest BCUT2D eigenvalue weighted by atomic mass is 10.3. The fraction of sp³-hybridized carbons (Fsp3) is 0.125. The second-order valence-electron chi connectivity index (χ2n) is 5.00. The van der Waals surface area contributed by atoms with Crippen molar-refractivity contribution in [2.75, 3.05) is 23.8 Å². The Kier molecular flexibility index (Phi) is 4.20. The van der Waals surface area contributed by atoms with Crippen molar-refractivity contribution in [2.45, 2.75) is 0 Å². The van der Waals surface area contributed by atoms with Crippen molar-refractivity contribution in [3.05, 3.63) is 54.1 Å². The number of thiazole rings is 1. The fourth-order valence-electron chi connectivity index (χ4n) is 2.12. The van der Waals surface area contributed by atoms with E-state index in [-0.39, 0.29) is 18.3 Å². The molecule has 0 aliphatic carbocycles. The van der Waals surface area contributed by atoms with Crippen LogP contribution in [0.1, 0.15) is 0 Å². The number of nitrogens with zero attached hydrogens (tertiary/aromatic N) is 2. The molecule has 118 valence electrons. The zero-order valence-electron chi connectivity index (χ0n) is 12.2. The van der Waals surface area contributed by atoms with Crippen LogP contribution in [0.15, 0.2) is 42.5 Å². The average molecular weight is 333 g/mol. The van der Waals surface area contributed by atoms with Crippen LogP contribution < -0.4 is 10.2 Å². The van der Waals surface area contributed by atoms with Crippen LogP contribution in [0, 0.1) is 11.6 Å². The highest BCUT2D eigenvalue weighted by Gasteiger charge is 2.14. The first-order valence-corrected chi connectivity index (χ1v) is 7.66. The van der Waals surface area contributed by atoms with E-state index in [1.165, 1.54) is 35.6 Å². The van der Waals surface area contributed by atoms with Crippen molar-refractivity contribution < 1.29 is 13.6 Å². The van der Waals surface area contributed by atoms with Crippen LogP contribution in [0.5, 0.6) is 0 Å². The van der Waals surface area contributed by atoms with Gasteiger partial charge in [-0.25, -0.2) is 13.8 Å². The lowest BCUT2D eigenvalue weighted by Gasteiger charge is -2.15. The smallest absolute Gasteiger partial charge is 0.243 e. The van der Waals surface area contributed by atoms with Crippen LogP contribution in [-0.4, -0.2) is 24.5 Å². The maximum absolute atomic E-state index is 13.7. The Morgan fingerprint density at radius 3 is 2.78 bits per heavy atom. The summed E-state index contributed by atoms with van der Waals surface area (Å²) in [7, 11) is 1.70. The van der Waals surface area contributed by atoms with Crippen LogP contribution in [0.25, 0.3) is 10.2 Å². The molecule has 7 heteroatoms. The molecular weight excluding hydrogens is 320 g/mol. The lowest BCUT2D eigenvalue weighted by Crippen LogP contribution is -2.29. The van der Waals surface area contributed by atoms with Gasteiger partial charge in [-0.2, -0.15) is 0 Å². The minimum Gasteiger partial charge on any atom is -0.342 e. The van der Waals surface area contributed by atoms with E-state index in [9.17, 15) is 13.6 Å². The number of carbonyl (C=O) groups is 1. The number of nitrogens with one attached hydrogen (secondary N) is 1. The number of hydrogen-bond donors (Lipinski definition) is 1. The number of anilines is 2. The van der Waals surface area contributed by atoms with Gasteiger partial charge in [-0.1, -0.05) is 23.5 Å². The highest BCUT2D eigenvalue weighted by molar-refractivity contribution is 7.22. The number of rotatable bonds is 4. The molecule has 0 atom stereocenters. The number of likely N-dealkylation sites (N-methyl/N-ethyl adjacent to an activating group) is 1. The Morgan fingerprint density at radius 1 is 1.26 bits per heavy atom. The first-order chi connectivity index (χ1) is 11.0. The SMILES string of the molecule is CN(CC(=O)Nc1cccc(F)c1)c1nc2c(F)cccc2s1. The van der Waals surface area contributed by atoms with Crippen LogP contribution in [0.2, 0.25) is 0 Å². The molecule has 0 radical (unpaired) electrons.